The van der Waals surface area contributed by atoms with Gasteiger partial charge in [-0.3, -0.25) is 4.79 Å². The molecule has 0 bridgehead atoms. The summed E-state index contributed by atoms with van der Waals surface area (Å²) in [6.07, 6.45) is 1.61. The second-order valence-corrected chi connectivity index (χ2v) is 4.91. The predicted octanol–water partition coefficient (Wildman–Crippen LogP) is 2.04. The van der Waals surface area contributed by atoms with Crippen LogP contribution in [0.4, 0.5) is 8.78 Å². The first-order chi connectivity index (χ1) is 9.01. The summed E-state index contributed by atoms with van der Waals surface area (Å²) in [6.45, 7) is 2.76. The predicted molar refractivity (Wildman–Crippen MR) is 69.0 cm³/mol. The first-order valence-corrected chi connectivity index (χ1v) is 6.49. The highest BCUT2D eigenvalue weighted by atomic mass is 19.3. The van der Waals surface area contributed by atoms with Crippen LogP contribution in [0.5, 0.6) is 0 Å². The maximum absolute atomic E-state index is 14.0. The number of hydrogen-bond donors (Lipinski definition) is 2. The lowest BCUT2D eigenvalue weighted by atomic mass is 9.99. The topological polar surface area (TPSA) is 41.1 Å². The van der Waals surface area contributed by atoms with E-state index >= 15 is 0 Å². The van der Waals surface area contributed by atoms with E-state index in [4.69, 9.17) is 0 Å². The Bertz CT molecular complexity index is 436. The summed E-state index contributed by atoms with van der Waals surface area (Å²) in [4.78, 5) is 11.8. The Morgan fingerprint density at radius 2 is 2.05 bits per heavy atom. The lowest BCUT2D eigenvalue weighted by Crippen LogP contribution is -2.54. The van der Waals surface area contributed by atoms with E-state index in [1.807, 2.05) is 6.92 Å². The summed E-state index contributed by atoms with van der Waals surface area (Å²) in [5, 5.41) is 5.62. The lowest BCUT2D eigenvalue weighted by molar-refractivity contribution is -0.148. The van der Waals surface area contributed by atoms with Crippen molar-refractivity contribution in [1.82, 2.24) is 10.6 Å². The van der Waals surface area contributed by atoms with Gasteiger partial charge in [0.1, 0.15) is 0 Å². The maximum atomic E-state index is 14.0. The van der Waals surface area contributed by atoms with Crippen molar-refractivity contribution in [3.05, 3.63) is 35.9 Å². The first-order valence-electron chi connectivity index (χ1n) is 6.49. The van der Waals surface area contributed by atoms with Crippen molar-refractivity contribution in [1.29, 1.82) is 0 Å². The Hall–Kier alpha value is -1.49. The molecular weight excluding hydrogens is 250 g/mol. The highest BCUT2D eigenvalue weighted by Gasteiger charge is 2.42. The van der Waals surface area contributed by atoms with Crippen LogP contribution in [-0.4, -0.2) is 24.5 Å². The SMILES string of the molecule is CC1NCCCC1NC(=O)C(F)(F)c1ccccc1. The summed E-state index contributed by atoms with van der Waals surface area (Å²) < 4.78 is 28.0. The molecule has 1 aliphatic heterocycles. The van der Waals surface area contributed by atoms with E-state index in [9.17, 15) is 13.6 Å². The third kappa shape index (κ3) is 3.10. The molecule has 2 rings (SSSR count). The van der Waals surface area contributed by atoms with Crippen molar-refractivity contribution in [2.75, 3.05) is 6.54 Å². The summed E-state index contributed by atoms with van der Waals surface area (Å²) in [6, 6.07) is 6.96. The molecule has 0 spiro atoms. The highest BCUT2D eigenvalue weighted by molar-refractivity contribution is 5.85. The Morgan fingerprint density at radius 1 is 1.37 bits per heavy atom. The molecule has 1 aromatic carbocycles. The minimum atomic E-state index is -3.49. The molecular formula is C14H18F2N2O. The Balaban J connectivity index is 2.06. The number of carbonyl (C=O) groups is 1. The smallest absolute Gasteiger partial charge is 0.346 e. The lowest BCUT2D eigenvalue weighted by Gasteiger charge is -2.31. The van der Waals surface area contributed by atoms with Crippen LogP contribution in [0.25, 0.3) is 0 Å². The third-order valence-corrected chi connectivity index (χ3v) is 3.50. The van der Waals surface area contributed by atoms with Crippen molar-refractivity contribution >= 4 is 5.91 Å². The Labute approximate surface area is 111 Å². The Morgan fingerprint density at radius 3 is 2.68 bits per heavy atom. The van der Waals surface area contributed by atoms with Gasteiger partial charge in [-0.2, -0.15) is 8.78 Å². The fraction of sp³-hybridized carbons (Fsp3) is 0.500. The molecule has 1 aliphatic rings. The van der Waals surface area contributed by atoms with Crippen LogP contribution in [0, 0.1) is 0 Å². The van der Waals surface area contributed by atoms with Gasteiger partial charge in [-0.05, 0) is 26.3 Å². The van der Waals surface area contributed by atoms with E-state index in [1.54, 1.807) is 6.07 Å². The van der Waals surface area contributed by atoms with E-state index in [2.05, 4.69) is 10.6 Å². The molecule has 1 amide bonds. The zero-order valence-corrected chi connectivity index (χ0v) is 10.8. The van der Waals surface area contributed by atoms with Crippen LogP contribution in [0.15, 0.2) is 30.3 Å². The molecule has 104 valence electrons. The van der Waals surface area contributed by atoms with E-state index in [-0.39, 0.29) is 17.6 Å². The standard InChI is InChI=1S/C14H18F2N2O/c1-10-12(8-5-9-17-10)18-13(19)14(15,16)11-6-3-2-4-7-11/h2-4,6-7,10,12,17H,5,8-9H2,1H3,(H,18,19). The van der Waals surface area contributed by atoms with Gasteiger partial charge in [0.2, 0.25) is 0 Å². The van der Waals surface area contributed by atoms with Gasteiger partial charge in [-0.15, -0.1) is 0 Å². The van der Waals surface area contributed by atoms with Crippen molar-refractivity contribution in [2.24, 2.45) is 0 Å². The summed E-state index contributed by atoms with van der Waals surface area (Å²) >= 11 is 0. The molecule has 2 atom stereocenters. The number of amides is 1. The van der Waals surface area contributed by atoms with Crippen LogP contribution >= 0.6 is 0 Å². The molecule has 19 heavy (non-hydrogen) atoms. The van der Waals surface area contributed by atoms with Gasteiger partial charge in [0.05, 0.1) is 0 Å². The van der Waals surface area contributed by atoms with Gasteiger partial charge in [0, 0.05) is 17.6 Å². The Kier molecular flexibility index (Phi) is 4.14. The van der Waals surface area contributed by atoms with Crippen LogP contribution in [0.2, 0.25) is 0 Å². The van der Waals surface area contributed by atoms with E-state index in [1.165, 1.54) is 24.3 Å². The second kappa shape index (κ2) is 5.65. The fourth-order valence-corrected chi connectivity index (χ4v) is 2.28. The fourth-order valence-electron chi connectivity index (χ4n) is 2.28. The molecule has 1 aromatic rings. The monoisotopic (exact) mass is 268 g/mol. The van der Waals surface area contributed by atoms with Crippen molar-refractivity contribution < 1.29 is 13.6 Å². The zero-order chi connectivity index (χ0) is 13.9. The molecule has 0 aromatic heterocycles. The number of benzene rings is 1. The number of piperidine rings is 1. The molecule has 1 heterocycles. The molecule has 2 N–H and O–H groups in total. The van der Waals surface area contributed by atoms with Crippen LogP contribution < -0.4 is 10.6 Å². The minimum Gasteiger partial charge on any atom is -0.346 e. The van der Waals surface area contributed by atoms with Crippen LogP contribution in [0.3, 0.4) is 0 Å². The number of halogens is 2. The number of rotatable bonds is 3. The zero-order valence-electron chi connectivity index (χ0n) is 10.8. The number of alkyl halides is 2. The van der Waals surface area contributed by atoms with Gasteiger partial charge in [0.25, 0.3) is 5.91 Å². The van der Waals surface area contributed by atoms with Crippen LogP contribution in [-0.2, 0) is 10.7 Å². The molecule has 0 aliphatic carbocycles. The normalized spacial score (nSPS) is 23.9. The van der Waals surface area contributed by atoms with Gasteiger partial charge in [-0.25, -0.2) is 0 Å². The highest BCUT2D eigenvalue weighted by Crippen LogP contribution is 2.28. The number of hydrogen-bond acceptors (Lipinski definition) is 2. The first kappa shape index (κ1) is 13.9. The molecule has 3 nitrogen and oxygen atoms in total. The maximum Gasteiger partial charge on any atom is 0.349 e. The number of carbonyl (C=O) groups excluding carboxylic acids is 1. The minimum absolute atomic E-state index is 0.0178. The molecule has 0 saturated carbocycles. The summed E-state index contributed by atoms with van der Waals surface area (Å²) in [7, 11) is 0. The van der Waals surface area contributed by atoms with Crippen molar-refractivity contribution in [3.8, 4) is 0 Å². The summed E-state index contributed by atoms with van der Waals surface area (Å²) in [5.74, 6) is -4.71. The average Bonchev–Trinajstić information content (AvgIpc) is 2.42. The van der Waals surface area contributed by atoms with E-state index < -0.39 is 11.8 Å². The quantitative estimate of drug-likeness (QED) is 0.880. The largest absolute Gasteiger partial charge is 0.349 e. The molecule has 1 fully saturated rings. The van der Waals surface area contributed by atoms with Gasteiger partial charge >= 0.3 is 5.92 Å². The van der Waals surface area contributed by atoms with Gasteiger partial charge in [0.15, 0.2) is 0 Å². The number of nitrogens with one attached hydrogen (secondary N) is 2. The van der Waals surface area contributed by atoms with Crippen molar-refractivity contribution in [3.63, 3.8) is 0 Å². The molecule has 1 saturated heterocycles. The van der Waals surface area contributed by atoms with Crippen molar-refractivity contribution in [2.45, 2.75) is 37.8 Å². The van der Waals surface area contributed by atoms with Gasteiger partial charge in [-0.1, -0.05) is 30.3 Å². The van der Waals surface area contributed by atoms with Crippen LogP contribution in [0.1, 0.15) is 25.3 Å². The molecule has 0 radical (unpaired) electrons. The molecule has 2 unspecified atom stereocenters. The average molecular weight is 268 g/mol. The molecule has 5 heteroatoms. The summed E-state index contributed by atoms with van der Waals surface area (Å²) in [5.41, 5.74) is -0.274. The third-order valence-electron chi connectivity index (χ3n) is 3.50. The van der Waals surface area contributed by atoms with E-state index in [0.717, 1.165) is 19.4 Å². The van der Waals surface area contributed by atoms with E-state index in [0.29, 0.717) is 0 Å². The second-order valence-electron chi connectivity index (χ2n) is 4.91. The van der Waals surface area contributed by atoms with Gasteiger partial charge < -0.3 is 10.6 Å².